The maximum Gasteiger partial charge on any atom is 0.234 e. The molecule has 0 aliphatic rings. The summed E-state index contributed by atoms with van der Waals surface area (Å²) in [5, 5.41) is 12.5. The van der Waals surface area contributed by atoms with E-state index in [1.165, 1.54) is 11.8 Å². The van der Waals surface area contributed by atoms with Crippen LogP contribution in [0.15, 0.2) is 59.6 Å². The number of nitrogens with zero attached hydrogens (tertiary/aromatic N) is 2. The molecule has 144 valence electrons. The summed E-state index contributed by atoms with van der Waals surface area (Å²) in [7, 11) is 3.20. The van der Waals surface area contributed by atoms with Gasteiger partial charge in [-0.2, -0.15) is 0 Å². The second kappa shape index (κ2) is 9.43. The molecule has 28 heavy (non-hydrogen) atoms. The fraction of sp³-hybridized carbons (Fsp3) is 0.150. The molecule has 1 N–H and O–H groups in total. The van der Waals surface area contributed by atoms with E-state index in [9.17, 15) is 4.79 Å². The van der Waals surface area contributed by atoms with Crippen LogP contribution in [-0.2, 0) is 4.79 Å². The van der Waals surface area contributed by atoms with Crippen LogP contribution in [0.5, 0.6) is 11.5 Å². The number of hydrogen-bond acceptors (Lipinski definition) is 6. The minimum atomic E-state index is -0.146. The van der Waals surface area contributed by atoms with Gasteiger partial charge in [-0.15, -0.1) is 10.2 Å². The molecule has 1 aromatic heterocycles. The molecule has 0 unspecified atom stereocenters. The third kappa shape index (κ3) is 5.15. The molecule has 0 saturated carbocycles. The van der Waals surface area contributed by atoms with Gasteiger partial charge in [-0.25, -0.2) is 0 Å². The molecule has 0 bridgehead atoms. The summed E-state index contributed by atoms with van der Waals surface area (Å²) in [5.41, 5.74) is 2.10. The van der Waals surface area contributed by atoms with Gasteiger partial charge in [0.25, 0.3) is 0 Å². The number of methoxy groups -OCH3 is 2. The second-order valence-corrected chi connectivity index (χ2v) is 7.10. The first-order valence-corrected chi connectivity index (χ1v) is 9.70. The van der Waals surface area contributed by atoms with E-state index >= 15 is 0 Å². The number of ether oxygens (including phenoxy) is 2. The number of carbonyl (C=O) groups excluding carboxylic acids is 1. The molecule has 6 nitrogen and oxygen atoms in total. The quantitative estimate of drug-likeness (QED) is 0.571. The lowest BCUT2D eigenvalue weighted by Gasteiger charge is -2.10. The molecular weight excluding hydrogens is 398 g/mol. The first kappa shape index (κ1) is 20.0. The molecular formula is C20H18ClN3O3S. The van der Waals surface area contributed by atoms with Crippen molar-refractivity contribution >= 4 is 35.0 Å². The maximum absolute atomic E-state index is 12.1. The molecule has 0 aliphatic carbocycles. The zero-order chi connectivity index (χ0) is 19.9. The Morgan fingerprint density at radius 3 is 2.61 bits per heavy atom. The summed E-state index contributed by atoms with van der Waals surface area (Å²) >= 11 is 7.21. The maximum atomic E-state index is 12.1. The van der Waals surface area contributed by atoms with Crippen LogP contribution >= 0.6 is 23.4 Å². The molecule has 0 radical (unpaired) electrons. The van der Waals surface area contributed by atoms with E-state index in [2.05, 4.69) is 15.5 Å². The second-order valence-electron chi connectivity index (χ2n) is 5.67. The number of aromatic nitrogens is 2. The topological polar surface area (TPSA) is 73.3 Å². The number of benzene rings is 2. The normalized spacial score (nSPS) is 10.4. The lowest BCUT2D eigenvalue weighted by Crippen LogP contribution is -2.14. The van der Waals surface area contributed by atoms with Crippen molar-refractivity contribution in [2.24, 2.45) is 0 Å². The number of halogens is 1. The third-order valence-electron chi connectivity index (χ3n) is 3.78. The van der Waals surface area contributed by atoms with Gasteiger partial charge in [0.2, 0.25) is 5.91 Å². The molecule has 0 fully saturated rings. The highest BCUT2D eigenvalue weighted by atomic mass is 35.5. The Balaban J connectivity index is 1.64. The number of thioether (sulfide) groups is 1. The van der Waals surface area contributed by atoms with Crippen LogP contribution in [0.3, 0.4) is 0 Å². The van der Waals surface area contributed by atoms with E-state index in [1.54, 1.807) is 38.5 Å². The number of amides is 1. The molecule has 3 aromatic rings. The lowest BCUT2D eigenvalue weighted by molar-refractivity contribution is -0.113. The number of carbonyl (C=O) groups is 1. The van der Waals surface area contributed by atoms with E-state index in [1.807, 2.05) is 30.3 Å². The van der Waals surface area contributed by atoms with E-state index in [0.717, 1.165) is 5.56 Å². The average molecular weight is 416 g/mol. The SMILES string of the molecule is COc1ccc(OC)c(-c2ccc(SCC(=O)Nc3cccc(Cl)c3)nn2)c1. The van der Waals surface area contributed by atoms with Gasteiger partial charge in [-0.05, 0) is 48.5 Å². The van der Waals surface area contributed by atoms with Crippen molar-refractivity contribution < 1.29 is 14.3 Å². The van der Waals surface area contributed by atoms with E-state index in [0.29, 0.717) is 32.9 Å². The van der Waals surface area contributed by atoms with Crippen molar-refractivity contribution in [2.45, 2.75) is 5.03 Å². The first-order valence-electron chi connectivity index (χ1n) is 8.33. The standard InChI is InChI=1S/C20H18ClN3O3S/c1-26-15-6-8-18(27-2)16(11-15)17-7-9-20(24-23-17)28-12-19(25)22-14-5-3-4-13(21)10-14/h3-11H,12H2,1-2H3,(H,22,25). The summed E-state index contributed by atoms with van der Waals surface area (Å²) < 4.78 is 10.6. The summed E-state index contributed by atoms with van der Waals surface area (Å²) in [5.74, 6) is 1.45. The van der Waals surface area contributed by atoms with Gasteiger partial charge in [-0.1, -0.05) is 29.4 Å². The van der Waals surface area contributed by atoms with Crippen LogP contribution in [0.1, 0.15) is 0 Å². The van der Waals surface area contributed by atoms with Gasteiger partial charge in [-0.3, -0.25) is 4.79 Å². The van der Waals surface area contributed by atoms with Crippen molar-refractivity contribution in [1.29, 1.82) is 0 Å². The minimum Gasteiger partial charge on any atom is -0.497 e. The highest BCUT2D eigenvalue weighted by molar-refractivity contribution is 7.99. The first-order chi connectivity index (χ1) is 13.6. The van der Waals surface area contributed by atoms with Crippen molar-refractivity contribution in [3.63, 3.8) is 0 Å². The molecule has 0 saturated heterocycles. The van der Waals surface area contributed by atoms with Crippen molar-refractivity contribution in [1.82, 2.24) is 10.2 Å². The molecule has 1 amide bonds. The van der Waals surface area contributed by atoms with Crippen molar-refractivity contribution in [3.05, 3.63) is 59.6 Å². The minimum absolute atomic E-state index is 0.146. The van der Waals surface area contributed by atoms with Crippen LogP contribution in [0.2, 0.25) is 5.02 Å². The van der Waals surface area contributed by atoms with Gasteiger partial charge >= 0.3 is 0 Å². The number of anilines is 1. The summed E-state index contributed by atoms with van der Waals surface area (Å²) in [6, 6.07) is 16.1. The van der Waals surface area contributed by atoms with Crippen molar-refractivity contribution in [3.8, 4) is 22.8 Å². The Morgan fingerprint density at radius 2 is 1.93 bits per heavy atom. The zero-order valence-corrected chi connectivity index (χ0v) is 16.9. The van der Waals surface area contributed by atoms with Crippen LogP contribution in [-0.4, -0.2) is 36.1 Å². The predicted octanol–water partition coefficient (Wildman–Crippen LogP) is 4.55. The molecule has 1 heterocycles. The molecule has 2 aromatic carbocycles. The van der Waals surface area contributed by atoms with Crippen molar-refractivity contribution in [2.75, 3.05) is 25.3 Å². The highest BCUT2D eigenvalue weighted by Crippen LogP contribution is 2.32. The van der Waals surface area contributed by atoms with Gasteiger partial charge in [0, 0.05) is 16.3 Å². The molecule has 3 rings (SSSR count). The number of nitrogens with one attached hydrogen (secondary N) is 1. The van der Waals surface area contributed by atoms with Crippen LogP contribution < -0.4 is 14.8 Å². The lowest BCUT2D eigenvalue weighted by atomic mass is 10.1. The largest absolute Gasteiger partial charge is 0.497 e. The molecule has 0 spiro atoms. The Kier molecular flexibility index (Phi) is 6.73. The van der Waals surface area contributed by atoms with E-state index in [4.69, 9.17) is 21.1 Å². The smallest absolute Gasteiger partial charge is 0.234 e. The zero-order valence-electron chi connectivity index (χ0n) is 15.3. The predicted molar refractivity (Wildman–Crippen MR) is 111 cm³/mol. The van der Waals surface area contributed by atoms with Gasteiger partial charge in [0.1, 0.15) is 16.5 Å². The Labute approximate surface area is 172 Å². The summed E-state index contributed by atoms with van der Waals surface area (Å²) in [4.78, 5) is 12.1. The summed E-state index contributed by atoms with van der Waals surface area (Å²) in [6.45, 7) is 0. The van der Waals surface area contributed by atoms with Gasteiger partial charge in [0.05, 0.1) is 25.7 Å². The monoisotopic (exact) mass is 415 g/mol. The third-order valence-corrected chi connectivity index (χ3v) is 4.94. The fourth-order valence-electron chi connectivity index (χ4n) is 2.46. The molecule has 0 aliphatic heterocycles. The Hall–Kier alpha value is -2.77. The van der Waals surface area contributed by atoms with Crippen LogP contribution in [0.4, 0.5) is 5.69 Å². The Bertz CT molecular complexity index is 967. The highest BCUT2D eigenvalue weighted by Gasteiger charge is 2.11. The summed E-state index contributed by atoms with van der Waals surface area (Å²) in [6.07, 6.45) is 0. The van der Waals surface area contributed by atoms with E-state index in [-0.39, 0.29) is 11.7 Å². The Morgan fingerprint density at radius 1 is 1.07 bits per heavy atom. The van der Waals surface area contributed by atoms with Crippen LogP contribution in [0.25, 0.3) is 11.3 Å². The van der Waals surface area contributed by atoms with E-state index < -0.39 is 0 Å². The molecule has 8 heteroatoms. The molecule has 0 atom stereocenters. The number of rotatable bonds is 7. The van der Waals surface area contributed by atoms with Gasteiger partial charge < -0.3 is 14.8 Å². The average Bonchev–Trinajstić information content (AvgIpc) is 2.72. The number of hydrogen-bond donors (Lipinski definition) is 1. The fourth-order valence-corrected chi connectivity index (χ4v) is 3.26. The van der Waals surface area contributed by atoms with Crippen LogP contribution in [0, 0.1) is 0 Å². The van der Waals surface area contributed by atoms with Gasteiger partial charge in [0.15, 0.2) is 0 Å².